The molecule has 0 bridgehead atoms. The average Bonchev–Trinajstić information content (AvgIpc) is 2.41. The number of benzene rings is 1. The number of hydrogen-bond donors (Lipinski definition) is 1. The lowest BCUT2D eigenvalue weighted by atomic mass is 9.76. The van der Waals surface area contributed by atoms with E-state index in [2.05, 4.69) is 6.58 Å². The topological polar surface area (TPSA) is 63.6 Å². The smallest absolute Gasteiger partial charge is 0.328 e. The number of hydrogen-bond acceptors (Lipinski definition) is 3. The first-order valence-corrected chi connectivity index (χ1v) is 6.65. The minimum Gasteiger partial charge on any atom is -0.480 e. The number of carbonyl (C=O) groups is 2. The molecule has 0 radical (unpaired) electrons. The third kappa shape index (κ3) is 3.68. The molecule has 1 aromatic carbocycles. The lowest BCUT2D eigenvalue weighted by molar-refractivity contribution is -0.162. The summed E-state index contributed by atoms with van der Waals surface area (Å²) in [5, 5.41) is 9.63. The molecule has 0 spiro atoms. The Balaban J connectivity index is 3.35. The highest BCUT2D eigenvalue weighted by molar-refractivity contribution is 6.05. The van der Waals surface area contributed by atoms with E-state index in [1.807, 2.05) is 0 Å². The van der Waals surface area contributed by atoms with E-state index >= 15 is 0 Å². The highest BCUT2D eigenvalue weighted by Crippen LogP contribution is 2.33. The number of carboxylic acids is 1. The van der Waals surface area contributed by atoms with Crippen LogP contribution in [-0.4, -0.2) is 23.7 Å². The van der Waals surface area contributed by atoms with Gasteiger partial charge in [-0.15, -0.1) is 6.58 Å². The molecule has 0 saturated heterocycles. The Morgan fingerprint density at radius 1 is 1.33 bits per heavy atom. The molecule has 1 N–H and O–H groups in total. The van der Waals surface area contributed by atoms with Gasteiger partial charge in [0.05, 0.1) is 6.61 Å². The Labute approximate surface area is 123 Å². The summed E-state index contributed by atoms with van der Waals surface area (Å²) < 4.78 is 18.0. The third-order valence-corrected chi connectivity index (χ3v) is 3.25. The summed E-state index contributed by atoms with van der Waals surface area (Å²) >= 11 is 0. The minimum absolute atomic E-state index is 0.0160. The molecular formula is C16H19FO4. The van der Waals surface area contributed by atoms with Gasteiger partial charge in [0.25, 0.3) is 0 Å². The van der Waals surface area contributed by atoms with Crippen LogP contribution in [0, 0.1) is 5.82 Å². The zero-order chi connectivity index (χ0) is 16.0. The Kier molecular flexibility index (Phi) is 5.64. The van der Waals surface area contributed by atoms with E-state index in [-0.39, 0.29) is 18.6 Å². The van der Waals surface area contributed by atoms with Gasteiger partial charge in [-0.25, -0.2) is 4.39 Å². The van der Waals surface area contributed by atoms with E-state index in [4.69, 9.17) is 4.74 Å². The molecule has 1 atom stereocenters. The zero-order valence-electron chi connectivity index (χ0n) is 12.2. The molecule has 0 aromatic heterocycles. The number of halogens is 1. The predicted octanol–water partition coefficient (Wildman–Crippen LogP) is 3.07. The van der Waals surface area contributed by atoms with Crippen LogP contribution in [0.25, 0.3) is 0 Å². The molecule has 0 saturated carbocycles. The van der Waals surface area contributed by atoms with Crippen molar-refractivity contribution in [2.45, 2.75) is 32.1 Å². The van der Waals surface area contributed by atoms with Crippen molar-refractivity contribution in [3.05, 3.63) is 47.8 Å². The quantitative estimate of drug-likeness (QED) is 0.477. The standard InChI is InChI=1S/C16H19FO4/c1-4-21-15(20)16(14(18)19,10-9-11(2)3)12-5-7-13(17)8-6-12/h5-8H,2,4,9-10H2,1,3H3,(H,18,19). The van der Waals surface area contributed by atoms with Crippen molar-refractivity contribution in [1.82, 2.24) is 0 Å². The van der Waals surface area contributed by atoms with Crippen LogP contribution in [0.3, 0.4) is 0 Å². The second-order valence-electron chi connectivity index (χ2n) is 4.89. The fraction of sp³-hybridized carbons (Fsp3) is 0.375. The first-order chi connectivity index (χ1) is 9.84. The van der Waals surface area contributed by atoms with Gasteiger partial charge in [0.15, 0.2) is 5.41 Å². The van der Waals surface area contributed by atoms with E-state index in [9.17, 15) is 19.1 Å². The number of ether oxygens (including phenoxy) is 1. The zero-order valence-corrected chi connectivity index (χ0v) is 12.2. The van der Waals surface area contributed by atoms with Gasteiger partial charge in [-0.1, -0.05) is 17.7 Å². The van der Waals surface area contributed by atoms with Gasteiger partial charge in [0, 0.05) is 0 Å². The Morgan fingerprint density at radius 2 is 1.90 bits per heavy atom. The molecular weight excluding hydrogens is 275 g/mol. The van der Waals surface area contributed by atoms with Crippen LogP contribution in [0.15, 0.2) is 36.4 Å². The Hall–Kier alpha value is -2.17. The van der Waals surface area contributed by atoms with Gasteiger partial charge in [-0.05, 0) is 44.4 Å². The Morgan fingerprint density at radius 3 is 2.33 bits per heavy atom. The molecule has 0 fully saturated rings. The van der Waals surface area contributed by atoms with Crippen LogP contribution in [-0.2, 0) is 19.7 Å². The molecule has 0 aliphatic rings. The minimum atomic E-state index is -1.84. The second kappa shape index (κ2) is 7.02. The maximum Gasteiger partial charge on any atom is 0.328 e. The molecule has 21 heavy (non-hydrogen) atoms. The van der Waals surface area contributed by atoms with Gasteiger partial charge in [0.1, 0.15) is 5.82 Å². The second-order valence-corrected chi connectivity index (χ2v) is 4.89. The monoisotopic (exact) mass is 294 g/mol. The van der Waals surface area contributed by atoms with E-state index in [0.29, 0.717) is 6.42 Å². The summed E-state index contributed by atoms with van der Waals surface area (Å²) in [7, 11) is 0. The lowest BCUT2D eigenvalue weighted by Gasteiger charge is -2.27. The van der Waals surface area contributed by atoms with Gasteiger partial charge in [-0.2, -0.15) is 0 Å². The maximum atomic E-state index is 13.1. The summed E-state index contributed by atoms with van der Waals surface area (Å²) in [6, 6.07) is 4.87. The van der Waals surface area contributed by atoms with Crippen molar-refractivity contribution in [2.24, 2.45) is 0 Å². The number of carbonyl (C=O) groups excluding carboxylic acids is 1. The fourth-order valence-electron chi connectivity index (χ4n) is 2.07. The number of allylic oxidation sites excluding steroid dienone is 1. The lowest BCUT2D eigenvalue weighted by Crippen LogP contribution is -2.45. The van der Waals surface area contributed by atoms with Crippen LogP contribution in [0.5, 0.6) is 0 Å². The van der Waals surface area contributed by atoms with Crippen LogP contribution in [0.4, 0.5) is 4.39 Å². The first-order valence-electron chi connectivity index (χ1n) is 6.65. The normalized spacial score (nSPS) is 13.3. The molecule has 0 aliphatic heterocycles. The predicted molar refractivity (Wildman–Crippen MR) is 76.4 cm³/mol. The largest absolute Gasteiger partial charge is 0.480 e. The molecule has 1 unspecified atom stereocenters. The molecule has 0 aliphatic carbocycles. The first kappa shape index (κ1) is 16.9. The van der Waals surface area contributed by atoms with Crippen LogP contribution in [0.2, 0.25) is 0 Å². The number of carboxylic acid groups (broad SMARTS) is 1. The molecule has 4 nitrogen and oxygen atoms in total. The summed E-state index contributed by atoms with van der Waals surface area (Å²) in [6.07, 6.45) is 0.366. The maximum absolute atomic E-state index is 13.1. The van der Waals surface area contributed by atoms with Crippen LogP contribution >= 0.6 is 0 Å². The molecule has 114 valence electrons. The van der Waals surface area contributed by atoms with Crippen LogP contribution < -0.4 is 0 Å². The van der Waals surface area contributed by atoms with E-state index in [1.165, 1.54) is 12.1 Å². The highest BCUT2D eigenvalue weighted by Gasteiger charge is 2.49. The van der Waals surface area contributed by atoms with Crippen molar-refractivity contribution in [3.8, 4) is 0 Å². The SMILES string of the molecule is C=C(C)CCC(C(=O)O)(C(=O)OCC)c1ccc(F)cc1. The molecule has 1 rings (SSSR count). The summed E-state index contributed by atoms with van der Waals surface area (Å²) in [4.78, 5) is 24.1. The molecule has 1 aromatic rings. The number of esters is 1. The highest BCUT2D eigenvalue weighted by atomic mass is 19.1. The van der Waals surface area contributed by atoms with E-state index in [1.54, 1.807) is 13.8 Å². The van der Waals surface area contributed by atoms with Crippen molar-refractivity contribution in [3.63, 3.8) is 0 Å². The van der Waals surface area contributed by atoms with Gasteiger partial charge >= 0.3 is 11.9 Å². The molecule has 5 heteroatoms. The third-order valence-electron chi connectivity index (χ3n) is 3.25. The number of rotatable bonds is 7. The van der Waals surface area contributed by atoms with Gasteiger partial charge in [-0.3, -0.25) is 9.59 Å². The summed E-state index contributed by atoms with van der Waals surface area (Å²) in [5.74, 6) is -2.65. The number of aliphatic carboxylic acids is 1. The Bertz CT molecular complexity index is 536. The van der Waals surface area contributed by atoms with Crippen molar-refractivity contribution < 1.29 is 23.8 Å². The summed E-state index contributed by atoms with van der Waals surface area (Å²) in [6.45, 7) is 7.15. The average molecular weight is 294 g/mol. The van der Waals surface area contributed by atoms with Gasteiger partial charge < -0.3 is 9.84 Å². The van der Waals surface area contributed by atoms with Gasteiger partial charge in [0.2, 0.25) is 0 Å². The van der Waals surface area contributed by atoms with E-state index < -0.39 is 23.2 Å². The van der Waals surface area contributed by atoms with Crippen molar-refractivity contribution in [2.75, 3.05) is 6.61 Å². The van der Waals surface area contributed by atoms with Crippen molar-refractivity contribution in [1.29, 1.82) is 0 Å². The van der Waals surface area contributed by atoms with Crippen LogP contribution in [0.1, 0.15) is 32.3 Å². The molecule has 0 heterocycles. The fourth-order valence-corrected chi connectivity index (χ4v) is 2.07. The van der Waals surface area contributed by atoms with Crippen molar-refractivity contribution >= 4 is 11.9 Å². The molecule has 0 amide bonds. The van der Waals surface area contributed by atoms with E-state index in [0.717, 1.165) is 17.7 Å². The summed E-state index contributed by atoms with van der Waals surface area (Å²) in [5.41, 5.74) is -0.883.